The number of aliphatic hydroxyl groups is 1. The van der Waals surface area contributed by atoms with E-state index in [2.05, 4.69) is 0 Å². The molecule has 0 aromatic heterocycles. The second-order valence-electron chi connectivity index (χ2n) is 3.18. The summed E-state index contributed by atoms with van der Waals surface area (Å²) in [5, 5.41) is 9.65. The number of hydrogen-bond donors (Lipinski definition) is 1. The Morgan fingerprint density at radius 1 is 1.45 bits per heavy atom. The van der Waals surface area contributed by atoms with Crippen molar-refractivity contribution in [1.29, 1.82) is 0 Å². The molecule has 0 aliphatic carbocycles. The summed E-state index contributed by atoms with van der Waals surface area (Å²) in [5.41, 5.74) is 1.03. The molecule has 0 rings (SSSR count). The Bertz CT molecular complexity index is 140. The number of nitrogens with zero attached hydrogens (tertiary/aromatic N) is 1. The van der Waals surface area contributed by atoms with Crippen LogP contribution in [0.25, 0.3) is 0 Å². The molecule has 0 radical (unpaired) electrons. The zero-order valence-corrected chi connectivity index (χ0v) is 8.13. The lowest BCUT2D eigenvalue weighted by Crippen LogP contribution is -2.36. The Morgan fingerprint density at radius 3 is 2.18 bits per heavy atom. The predicted octanol–water partition coefficient (Wildman–Crippen LogP) is 1.26. The van der Waals surface area contributed by atoms with Crippen LogP contribution >= 0.6 is 0 Å². The van der Waals surface area contributed by atoms with Crippen LogP contribution in [-0.4, -0.2) is 36.2 Å². The molecule has 0 heterocycles. The SMILES string of the molecule is C/C=C(\C)[C@@H](O)[C@H](C)N(C)C. The van der Waals surface area contributed by atoms with Crippen molar-refractivity contribution in [3.63, 3.8) is 0 Å². The van der Waals surface area contributed by atoms with Gasteiger partial charge in [-0.2, -0.15) is 0 Å². The third-order valence-electron chi connectivity index (χ3n) is 2.19. The molecule has 0 fully saturated rings. The van der Waals surface area contributed by atoms with E-state index in [1.165, 1.54) is 0 Å². The maximum atomic E-state index is 9.65. The molecule has 66 valence electrons. The molecule has 0 spiro atoms. The van der Waals surface area contributed by atoms with Crippen molar-refractivity contribution < 1.29 is 5.11 Å². The number of aliphatic hydroxyl groups excluding tert-OH is 1. The molecule has 0 amide bonds. The Kier molecular flexibility index (Phi) is 4.38. The van der Waals surface area contributed by atoms with Gasteiger partial charge in [0, 0.05) is 6.04 Å². The van der Waals surface area contributed by atoms with Crippen LogP contribution in [0.4, 0.5) is 0 Å². The van der Waals surface area contributed by atoms with Crippen molar-refractivity contribution in [3.8, 4) is 0 Å². The molecule has 2 nitrogen and oxygen atoms in total. The molecule has 0 aliphatic rings. The summed E-state index contributed by atoms with van der Waals surface area (Å²) < 4.78 is 0. The van der Waals surface area contributed by atoms with Crippen LogP contribution in [0.1, 0.15) is 20.8 Å². The van der Waals surface area contributed by atoms with Crippen LogP contribution in [0.2, 0.25) is 0 Å². The molecule has 2 heteroatoms. The van der Waals surface area contributed by atoms with Crippen LogP contribution in [0.5, 0.6) is 0 Å². The third kappa shape index (κ3) is 3.04. The van der Waals surface area contributed by atoms with Crippen LogP contribution in [0.3, 0.4) is 0 Å². The molecule has 11 heavy (non-hydrogen) atoms. The van der Waals surface area contributed by atoms with E-state index < -0.39 is 0 Å². The van der Waals surface area contributed by atoms with Gasteiger partial charge in [0.05, 0.1) is 6.10 Å². The van der Waals surface area contributed by atoms with Crippen molar-refractivity contribution >= 4 is 0 Å². The van der Waals surface area contributed by atoms with Gasteiger partial charge in [0.15, 0.2) is 0 Å². The zero-order chi connectivity index (χ0) is 9.02. The molecule has 0 saturated carbocycles. The minimum Gasteiger partial charge on any atom is -0.387 e. The summed E-state index contributed by atoms with van der Waals surface area (Å²) in [4.78, 5) is 2.01. The molecule has 0 saturated heterocycles. The lowest BCUT2D eigenvalue weighted by Gasteiger charge is -2.25. The summed E-state index contributed by atoms with van der Waals surface area (Å²) in [6.07, 6.45) is 1.61. The highest BCUT2D eigenvalue weighted by molar-refractivity contribution is 5.05. The maximum absolute atomic E-state index is 9.65. The van der Waals surface area contributed by atoms with Gasteiger partial charge < -0.3 is 10.0 Å². The van der Waals surface area contributed by atoms with Gasteiger partial charge in [0.25, 0.3) is 0 Å². The van der Waals surface area contributed by atoms with Gasteiger partial charge >= 0.3 is 0 Å². The van der Waals surface area contributed by atoms with Crippen LogP contribution in [-0.2, 0) is 0 Å². The van der Waals surface area contributed by atoms with Crippen molar-refractivity contribution in [3.05, 3.63) is 11.6 Å². The normalized spacial score (nSPS) is 18.6. The maximum Gasteiger partial charge on any atom is 0.0899 e. The fourth-order valence-corrected chi connectivity index (χ4v) is 0.834. The largest absolute Gasteiger partial charge is 0.387 e. The van der Waals surface area contributed by atoms with Crippen molar-refractivity contribution in [2.45, 2.75) is 32.9 Å². The van der Waals surface area contributed by atoms with E-state index in [0.29, 0.717) is 0 Å². The van der Waals surface area contributed by atoms with Gasteiger partial charge in [-0.05, 0) is 40.4 Å². The average molecular weight is 157 g/mol. The van der Waals surface area contributed by atoms with Crippen molar-refractivity contribution in [2.75, 3.05) is 14.1 Å². The first-order valence-corrected chi connectivity index (χ1v) is 3.98. The highest BCUT2D eigenvalue weighted by Crippen LogP contribution is 2.08. The first-order chi connectivity index (χ1) is 5.00. The lowest BCUT2D eigenvalue weighted by atomic mass is 10.0. The molecule has 2 atom stereocenters. The Labute approximate surface area is 69.5 Å². The first kappa shape index (κ1) is 10.7. The Hall–Kier alpha value is -0.340. The van der Waals surface area contributed by atoms with E-state index in [1.54, 1.807) is 0 Å². The molecule has 0 aromatic carbocycles. The molecule has 0 bridgehead atoms. The Morgan fingerprint density at radius 2 is 1.91 bits per heavy atom. The van der Waals surface area contributed by atoms with Gasteiger partial charge in [0.1, 0.15) is 0 Å². The molecule has 0 unspecified atom stereocenters. The van der Waals surface area contributed by atoms with Gasteiger partial charge in [-0.25, -0.2) is 0 Å². The standard InChI is InChI=1S/C9H19NO/c1-6-7(2)9(11)8(3)10(4)5/h6,8-9,11H,1-5H3/b7-6+/t8-,9+/m0/s1. The second-order valence-corrected chi connectivity index (χ2v) is 3.18. The van der Waals surface area contributed by atoms with Crippen LogP contribution < -0.4 is 0 Å². The van der Waals surface area contributed by atoms with E-state index in [0.717, 1.165) is 5.57 Å². The first-order valence-electron chi connectivity index (χ1n) is 3.98. The number of rotatable bonds is 3. The van der Waals surface area contributed by atoms with E-state index in [9.17, 15) is 5.11 Å². The van der Waals surface area contributed by atoms with E-state index in [-0.39, 0.29) is 12.1 Å². The highest BCUT2D eigenvalue weighted by atomic mass is 16.3. The molecule has 1 N–H and O–H groups in total. The van der Waals surface area contributed by atoms with Crippen molar-refractivity contribution in [2.24, 2.45) is 0 Å². The molecule has 0 aromatic rings. The highest BCUT2D eigenvalue weighted by Gasteiger charge is 2.16. The zero-order valence-electron chi connectivity index (χ0n) is 8.13. The molecular formula is C9H19NO. The lowest BCUT2D eigenvalue weighted by molar-refractivity contribution is 0.114. The van der Waals surface area contributed by atoms with Gasteiger partial charge in [0.2, 0.25) is 0 Å². The number of likely N-dealkylation sites (N-methyl/N-ethyl adjacent to an activating group) is 1. The summed E-state index contributed by atoms with van der Waals surface area (Å²) in [6, 6.07) is 0.186. The molecule has 0 aliphatic heterocycles. The minimum atomic E-state index is -0.338. The summed E-state index contributed by atoms with van der Waals surface area (Å²) >= 11 is 0. The number of hydrogen-bond acceptors (Lipinski definition) is 2. The third-order valence-corrected chi connectivity index (χ3v) is 2.19. The molecular weight excluding hydrogens is 138 g/mol. The monoisotopic (exact) mass is 157 g/mol. The van der Waals surface area contributed by atoms with Gasteiger partial charge in [-0.15, -0.1) is 0 Å². The summed E-state index contributed by atoms with van der Waals surface area (Å²) in [7, 11) is 3.94. The number of allylic oxidation sites excluding steroid dienone is 1. The van der Waals surface area contributed by atoms with Gasteiger partial charge in [-0.1, -0.05) is 6.08 Å². The summed E-state index contributed by atoms with van der Waals surface area (Å²) in [6.45, 7) is 5.91. The van der Waals surface area contributed by atoms with Crippen LogP contribution in [0.15, 0.2) is 11.6 Å². The average Bonchev–Trinajstić information content (AvgIpc) is 2.00. The summed E-state index contributed by atoms with van der Waals surface area (Å²) in [5.74, 6) is 0. The predicted molar refractivity (Wildman–Crippen MR) is 48.6 cm³/mol. The van der Waals surface area contributed by atoms with E-state index in [1.807, 2.05) is 45.8 Å². The smallest absolute Gasteiger partial charge is 0.0899 e. The topological polar surface area (TPSA) is 23.5 Å². The van der Waals surface area contributed by atoms with E-state index in [4.69, 9.17) is 0 Å². The Balaban J connectivity index is 4.13. The fourth-order valence-electron chi connectivity index (χ4n) is 0.834. The second kappa shape index (κ2) is 4.52. The van der Waals surface area contributed by atoms with Gasteiger partial charge in [-0.3, -0.25) is 0 Å². The van der Waals surface area contributed by atoms with E-state index >= 15 is 0 Å². The van der Waals surface area contributed by atoms with Crippen LogP contribution in [0, 0.1) is 0 Å². The minimum absolute atomic E-state index is 0.186. The van der Waals surface area contributed by atoms with Crippen molar-refractivity contribution in [1.82, 2.24) is 4.90 Å². The fraction of sp³-hybridized carbons (Fsp3) is 0.778. The quantitative estimate of drug-likeness (QED) is 0.623.